The molecule has 0 bridgehead atoms. The molecule has 0 saturated carbocycles. The van der Waals surface area contributed by atoms with Gasteiger partial charge in [-0.1, -0.05) is 29.8 Å². The number of amides is 1. The average Bonchev–Trinajstić information content (AvgIpc) is 3.11. The third-order valence-electron chi connectivity index (χ3n) is 4.30. The lowest BCUT2D eigenvalue weighted by molar-refractivity contribution is -0.111. The molecule has 1 amide bonds. The van der Waals surface area contributed by atoms with E-state index in [4.69, 9.17) is 16.3 Å². The van der Waals surface area contributed by atoms with Gasteiger partial charge in [0.05, 0.1) is 6.10 Å². The molecule has 0 radical (unpaired) electrons. The lowest BCUT2D eigenvalue weighted by atomic mass is 10.2. The van der Waals surface area contributed by atoms with Crippen molar-refractivity contribution in [2.75, 3.05) is 30.4 Å². The first-order valence-electron chi connectivity index (χ1n) is 8.27. The Balaban J connectivity index is 1.58. The van der Waals surface area contributed by atoms with Crippen LogP contribution >= 0.6 is 11.6 Å². The maximum atomic E-state index is 12.1. The summed E-state index contributed by atoms with van der Waals surface area (Å²) < 4.78 is 5.40. The minimum Gasteiger partial charge on any atom is -0.380 e. The molecule has 1 aliphatic heterocycles. The van der Waals surface area contributed by atoms with Crippen LogP contribution in [0.2, 0.25) is 5.02 Å². The third-order valence-corrected chi connectivity index (χ3v) is 4.64. The molecular formula is C20H21ClN2O2. The zero-order valence-electron chi connectivity index (χ0n) is 14.1. The number of nitrogens with zero attached hydrogens (tertiary/aromatic N) is 1. The monoisotopic (exact) mass is 356 g/mol. The minimum atomic E-state index is -0.187. The van der Waals surface area contributed by atoms with Gasteiger partial charge >= 0.3 is 0 Å². The summed E-state index contributed by atoms with van der Waals surface area (Å²) in [5, 5.41) is 3.48. The van der Waals surface area contributed by atoms with Gasteiger partial charge in [0, 0.05) is 42.7 Å². The van der Waals surface area contributed by atoms with Crippen LogP contribution in [0.5, 0.6) is 0 Å². The first-order chi connectivity index (χ1) is 12.2. The molecule has 5 heteroatoms. The Hall–Kier alpha value is -2.30. The number of hydrogen-bond acceptors (Lipinski definition) is 3. The van der Waals surface area contributed by atoms with Crippen LogP contribution in [0.3, 0.4) is 0 Å². The molecule has 2 aromatic rings. The summed E-state index contributed by atoms with van der Waals surface area (Å²) in [4.78, 5) is 14.3. The Morgan fingerprint density at radius 1 is 1.24 bits per heavy atom. The number of carbonyl (C=O) groups excluding carboxylic acids is 1. The van der Waals surface area contributed by atoms with Crippen molar-refractivity contribution in [3.05, 3.63) is 65.2 Å². The molecule has 2 aromatic carbocycles. The highest BCUT2D eigenvalue weighted by atomic mass is 35.5. The average molecular weight is 357 g/mol. The van der Waals surface area contributed by atoms with Crippen LogP contribution in [-0.2, 0) is 9.53 Å². The molecule has 3 rings (SSSR count). The second-order valence-corrected chi connectivity index (χ2v) is 6.39. The number of nitrogens with one attached hydrogen (secondary N) is 1. The van der Waals surface area contributed by atoms with Gasteiger partial charge in [0.1, 0.15) is 0 Å². The highest BCUT2D eigenvalue weighted by molar-refractivity contribution is 6.32. The molecule has 1 N–H and O–H groups in total. The maximum absolute atomic E-state index is 12.1. The second kappa shape index (κ2) is 8.19. The molecule has 4 nitrogen and oxygen atoms in total. The van der Waals surface area contributed by atoms with Crippen LogP contribution in [-0.4, -0.2) is 32.2 Å². The summed E-state index contributed by atoms with van der Waals surface area (Å²) in [6, 6.07) is 15.3. The molecule has 0 aliphatic carbocycles. The summed E-state index contributed by atoms with van der Waals surface area (Å²) >= 11 is 6.07. The number of halogens is 1. The van der Waals surface area contributed by atoms with Gasteiger partial charge in [0.15, 0.2) is 0 Å². The molecule has 1 heterocycles. The minimum absolute atomic E-state index is 0.187. The molecule has 1 saturated heterocycles. The zero-order chi connectivity index (χ0) is 17.6. The molecular weight excluding hydrogens is 336 g/mol. The van der Waals surface area contributed by atoms with E-state index < -0.39 is 0 Å². The van der Waals surface area contributed by atoms with Gasteiger partial charge in [-0.15, -0.1) is 0 Å². The number of rotatable bonds is 5. The molecule has 25 heavy (non-hydrogen) atoms. The van der Waals surface area contributed by atoms with Gasteiger partial charge in [-0.25, -0.2) is 0 Å². The zero-order valence-corrected chi connectivity index (χ0v) is 14.9. The van der Waals surface area contributed by atoms with E-state index in [1.54, 1.807) is 19.3 Å². The summed E-state index contributed by atoms with van der Waals surface area (Å²) in [5.41, 5.74) is 2.72. The van der Waals surface area contributed by atoms with Crippen LogP contribution in [0.25, 0.3) is 6.08 Å². The van der Waals surface area contributed by atoms with Gasteiger partial charge in [-0.2, -0.15) is 0 Å². The number of ether oxygens (including phenoxy) is 1. The maximum Gasteiger partial charge on any atom is 0.248 e. The van der Waals surface area contributed by atoms with Crippen molar-refractivity contribution in [3.63, 3.8) is 0 Å². The lowest BCUT2D eigenvalue weighted by Crippen LogP contribution is -2.22. The molecule has 1 fully saturated rings. The first kappa shape index (κ1) is 17.5. The molecule has 130 valence electrons. The lowest BCUT2D eigenvalue weighted by Gasteiger charge is -2.18. The number of methoxy groups -OCH3 is 1. The van der Waals surface area contributed by atoms with Gasteiger partial charge in [-0.3, -0.25) is 4.79 Å². The quantitative estimate of drug-likeness (QED) is 0.816. The highest BCUT2D eigenvalue weighted by Gasteiger charge is 2.21. The van der Waals surface area contributed by atoms with E-state index in [9.17, 15) is 4.79 Å². The van der Waals surface area contributed by atoms with Gasteiger partial charge in [0.2, 0.25) is 5.91 Å². The summed E-state index contributed by atoms with van der Waals surface area (Å²) in [5.74, 6) is -0.187. The topological polar surface area (TPSA) is 41.6 Å². The summed E-state index contributed by atoms with van der Waals surface area (Å²) in [7, 11) is 1.75. The highest BCUT2D eigenvalue weighted by Crippen LogP contribution is 2.23. The van der Waals surface area contributed by atoms with Crippen LogP contribution < -0.4 is 10.2 Å². The molecule has 1 aliphatic rings. The fraction of sp³-hybridized carbons (Fsp3) is 0.250. The normalized spacial score (nSPS) is 17.2. The van der Waals surface area contributed by atoms with Crippen molar-refractivity contribution in [1.82, 2.24) is 0 Å². The van der Waals surface area contributed by atoms with Crippen molar-refractivity contribution in [1.29, 1.82) is 0 Å². The molecule has 1 atom stereocenters. The third kappa shape index (κ3) is 4.62. The van der Waals surface area contributed by atoms with Crippen molar-refractivity contribution < 1.29 is 9.53 Å². The Kier molecular flexibility index (Phi) is 5.74. The van der Waals surface area contributed by atoms with Gasteiger partial charge in [0.25, 0.3) is 0 Å². The number of anilines is 2. The number of hydrogen-bond donors (Lipinski definition) is 1. The molecule has 1 unspecified atom stereocenters. The largest absolute Gasteiger partial charge is 0.380 e. The van der Waals surface area contributed by atoms with E-state index in [2.05, 4.69) is 10.2 Å². The smallest absolute Gasteiger partial charge is 0.248 e. The number of benzene rings is 2. The Morgan fingerprint density at radius 2 is 2.00 bits per heavy atom. The van der Waals surface area contributed by atoms with Crippen molar-refractivity contribution >= 4 is 35.0 Å². The standard InChI is InChI=1S/C20H21ClN2O2/c1-25-18-12-13-23(14-18)17-9-7-16(8-10-17)22-20(24)11-6-15-4-2-3-5-19(15)21/h2-11,18H,12-14H2,1H3,(H,22,24)/b11-6+. The van der Waals surface area contributed by atoms with Crippen molar-refractivity contribution in [2.24, 2.45) is 0 Å². The molecule has 0 aromatic heterocycles. The van der Waals surface area contributed by atoms with E-state index in [1.165, 1.54) is 6.08 Å². The van der Waals surface area contributed by atoms with Gasteiger partial charge < -0.3 is 15.0 Å². The van der Waals surface area contributed by atoms with E-state index in [-0.39, 0.29) is 5.91 Å². The van der Waals surface area contributed by atoms with Crippen molar-refractivity contribution in [3.8, 4) is 0 Å². The SMILES string of the molecule is COC1CCN(c2ccc(NC(=O)/C=C/c3ccccc3Cl)cc2)C1. The van der Waals surface area contributed by atoms with Gasteiger partial charge in [-0.05, 0) is 48.4 Å². The molecule has 0 spiro atoms. The van der Waals surface area contributed by atoms with Crippen LogP contribution in [0, 0.1) is 0 Å². The fourth-order valence-electron chi connectivity index (χ4n) is 2.87. The first-order valence-corrected chi connectivity index (χ1v) is 8.65. The second-order valence-electron chi connectivity index (χ2n) is 5.98. The van der Waals surface area contributed by atoms with Crippen LogP contribution in [0.1, 0.15) is 12.0 Å². The Morgan fingerprint density at radius 3 is 2.68 bits per heavy atom. The van der Waals surface area contributed by atoms with E-state index in [1.807, 2.05) is 42.5 Å². The Bertz CT molecular complexity index is 759. The van der Waals surface area contributed by atoms with E-state index in [0.717, 1.165) is 36.4 Å². The summed E-state index contributed by atoms with van der Waals surface area (Å²) in [6.07, 6.45) is 4.54. The predicted molar refractivity (Wildman–Crippen MR) is 103 cm³/mol. The van der Waals surface area contributed by atoms with Crippen molar-refractivity contribution in [2.45, 2.75) is 12.5 Å². The Labute approximate surface area is 153 Å². The summed E-state index contributed by atoms with van der Waals surface area (Å²) in [6.45, 7) is 1.90. The van der Waals surface area contributed by atoms with Crippen LogP contribution in [0.4, 0.5) is 11.4 Å². The fourth-order valence-corrected chi connectivity index (χ4v) is 3.07. The predicted octanol–water partition coefficient (Wildman–Crippen LogP) is 4.22. The number of carbonyl (C=O) groups is 1. The van der Waals surface area contributed by atoms with Crippen LogP contribution in [0.15, 0.2) is 54.6 Å². The van der Waals surface area contributed by atoms with E-state index >= 15 is 0 Å². The van der Waals surface area contributed by atoms with E-state index in [0.29, 0.717) is 11.1 Å².